The summed E-state index contributed by atoms with van der Waals surface area (Å²) in [7, 11) is -3.76. The average molecular weight is 386 g/mol. The first-order valence-corrected chi connectivity index (χ1v) is 10.3. The van der Waals surface area contributed by atoms with Gasteiger partial charge in [-0.1, -0.05) is 26.0 Å². The predicted molar refractivity (Wildman–Crippen MR) is 104 cm³/mol. The van der Waals surface area contributed by atoms with Crippen LogP contribution in [0.15, 0.2) is 53.4 Å². The van der Waals surface area contributed by atoms with E-state index in [4.69, 9.17) is 0 Å². The molecule has 3 rings (SSSR count). The normalized spacial score (nSPS) is 15.3. The molecule has 0 saturated carbocycles. The van der Waals surface area contributed by atoms with Crippen LogP contribution in [-0.2, 0) is 19.6 Å². The molecular weight excluding hydrogens is 364 g/mol. The molecule has 2 aromatic rings. The molecule has 2 aromatic carbocycles. The lowest BCUT2D eigenvalue weighted by Gasteiger charge is -2.24. The van der Waals surface area contributed by atoms with E-state index in [9.17, 15) is 18.0 Å². The minimum atomic E-state index is -3.76. The third kappa shape index (κ3) is 4.19. The second-order valence-corrected chi connectivity index (χ2v) is 8.53. The zero-order chi connectivity index (χ0) is 19.6. The molecule has 6 nitrogen and oxygen atoms in total. The van der Waals surface area contributed by atoms with Gasteiger partial charge in [-0.3, -0.25) is 19.2 Å². The number of carbonyl (C=O) groups excluding carboxylic acids is 2. The van der Waals surface area contributed by atoms with Gasteiger partial charge in [0, 0.05) is 18.5 Å². The highest BCUT2D eigenvalue weighted by molar-refractivity contribution is 7.92. The number of benzene rings is 2. The van der Waals surface area contributed by atoms with Gasteiger partial charge in [0.1, 0.15) is 0 Å². The van der Waals surface area contributed by atoms with E-state index in [1.807, 2.05) is 12.1 Å². The number of hydrogen-bond acceptors (Lipinski definition) is 4. The van der Waals surface area contributed by atoms with E-state index < -0.39 is 10.0 Å². The van der Waals surface area contributed by atoms with E-state index in [0.717, 1.165) is 10.5 Å². The van der Waals surface area contributed by atoms with Gasteiger partial charge in [0.25, 0.3) is 10.0 Å². The number of piperidine rings is 1. The topological polar surface area (TPSA) is 83.6 Å². The van der Waals surface area contributed by atoms with Gasteiger partial charge in [0.2, 0.25) is 11.8 Å². The molecule has 1 aliphatic heterocycles. The van der Waals surface area contributed by atoms with Gasteiger partial charge < -0.3 is 0 Å². The summed E-state index contributed by atoms with van der Waals surface area (Å²) in [6.07, 6.45) is 1.19. The maximum absolute atomic E-state index is 12.6. The zero-order valence-electron chi connectivity index (χ0n) is 15.3. The van der Waals surface area contributed by atoms with E-state index in [0.29, 0.717) is 36.6 Å². The maximum atomic E-state index is 12.6. The quantitative estimate of drug-likeness (QED) is 0.795. The Morgan fingerprint density at radius 2 is 1.44 bits per heavy atom. The van der Waals surface area contributed by atoms with Crippen LogP contribution in [0.4, 0.5) is 11.4 Å². The monoisotopic (exact) mass is 386 g/mol. The summed E-state index contributed by atoms with van der Waals surface area (Å²) in [5, 5.41) is 0. The van der Waals surface area contributed by atoms with Crippen molar-refractivity contribution < 1.29 is 18.0 Å². The van der Waals surface area contributed by atoms with Gasteiger partial charge in [-0.15, -0.1) is 0 Å². The molecule has 0 aromatic heterocycles. The Morgan fingerprint density at radius 1 is 0.889 bits per heavy atom. The fourth-order valence-corrected chi connectivity index (χ4v) is 4.02. The minimum absolute atomic E-state index is 0.0658. The highest BCUT2D eigenvalue weighted by Crippen LogP contribution is 2.25. The lowest BCUT2D eigenvalue weighted by Crippen LogP contribution is -2.40. The second kappa shape index (κ2) is 7.52. The number of imide groups is 1. The van der Waals surface area contributed by atoms with Gasteiger partial charge in [0.15, 0.2) is 0 Å². The molecule has 2 amide bonds. The van der Waals surface area contributed by atoms with E-state index in [2.05, 4.69) is 18.6 Å². The summed E-state index contributed by atoms with van der Waals surface area (Å²) in [6.45, 7) is 4.14. The van der Waals surface area contributed by atoms with Crippen molar-refractivity contribution >= 4 is 33.2 Å². The summed E-state index contributed by atoms with van der Waals surface area (Å²) in [4.78, 5) is 25.1. The highest BCUT2D eigenvalue weighted by Gasteiger charge is 2.27. The number of nitrogens with one attached hydrogen (secondary N) is 1. The minimum Gasteiger partial charge on any atom is -0.280 e. The fraction of sp³-hybridized carbons (Fsp3) is 0.300. The molecule has 142 valence electrons. The molecule has 0 aliphatic carbocycles. The smallest absolute Gasteiger partial charge is 0.261 e. The highest BCUT2D eigenvalue weighted by atomic mass is 32.2. The van der Waals surface area contributed by atoms with Crippen LogP contribution in [-0.4, -0.2) is 20.2 Å². The molecule has 0 spiro atoms. The first-order chi connectivity index (χ1) is 12.8. The Bertz CT molecular complexity index is 932. The van der Waals surface area contributed by atoms with Crippen LogP contribution in [0.25, 0.3) is 0 Å². The summed E-state index contributed by atoms with van der Waals surface area (Å²) in [5.41, 5.74) is 1.99. The molecule has 7 heteroatoms. The van der Waals surface area contributed by atoms with Crippen molar-refractivity contribution in [2.45, 2.75) is 43.9 Å². The van der Waals surface area contributed by atoms with Crippen molar-refractivity contribution in [2.75, 3.05) is 9.62 Å². The molecule has 1 fully saturated rings. The predicted octanol–water partition coefficient (Wildman–Crippen LogP) is 3.65. The van der Waals surface area contributed by atoms with Gasteiger partial charge in [0.05, 0.1) is 10.6 Å². The van der Waals surface area contributed by atoms with Crippen LogP contribution in [0, 0.1) is 0 Å². The summed E-state index contributed by atoms with van der Waals surface area (Å²) in [5.74, 6) is -0.154. The first kappa shape index (κ1) is 19.1. The van der Waals surface area contributed by atoms with E-state index in [1.54, 1.807) is 12.1 Å². The van der Waals surface area contributed by atoms with Crippen LogP contribution in [0.3, 0.4) is 0 Å². The van der Waals surface area contributed by atoms with Crippen LogP contribution in [0.1, 0.15) is 44.6 Å². The first-order valence-electron chi connectivity index (χ1n) is 8.86. The van der Waals surface area contributed by atoms with Crippen molar-refractivity contribution in [3.63, 3.8) is 0 Å². The zero-order valence-corrected chi connectivity index (χ0v) is 16.1. The lowest BCUT2D eigenvalue weighted by molar-refractivity contribution is -0.129. The number of rotatable bonds is 5. The molecule has 0 bridgehead atoms. The van der Waals surface area contributed by atoms with Crippen LogP contribution < -0.4 is 9.62 Å². The molecule has 0 unspecified atom stereocenters. The Morgan fingerprint density at radius 3 is 1.96 bits per heavy atom. The Kier molecular flexibility index (Phi) is 5.32. The molecule has 1 aliphatic rings. The van der Waals surface area contributed by atoms with Crippen molar-refractivity contribution in [3.8, 4) is 0 Å². The molecule has 0 atom stereocenters. The number of nitrogens with zero attached hydrogens (tertiary/aromatic N) is 1. The van der Waals surface area contributed by atoms with Crippen molar-refractivity contribution in [1.29, 1.82) is 0 Å². The van der Waals surface area contributed by atoms with Gasteiger partial charge in [-0.05, 0) is 54.3 Å². The average Bonchev–Trinajstić information content (AvgIpc) is 2.62. The third-order valence-electron chi connectivity index (χ3n) is 4.51. The number of amides is 2. The van der Waals surface area contributed by atoms with E-state index in [-0.39, 0.29) is 16.7 Å². The van der Waals surface area contributed by atoms with Crippen molar-refractivity contribution in [3.05, 3.63) is 54.1 Å². The molecule has 1 saturated heterocycles. The van der Waals surface area contributed by atoms with Crippen LogP contribution >= 0.6 is 0 Å². The summed E-state index contributed by atoms with van der Waals surface area (Å²) < 4.78 is 27.7. The molecule has 1 N–H and O–H groups in total. The lowest BCUT2D eigenvalue weighted by atomic mass is 10.0. The number of sulfonamides is 1. The molecule has 0 radical (unpaired) electrons. The van der Waals surface area contributed by atoms with Crippen LogP contribution in [0.5, 0.6) is 0 Å². The Balaban J connectivity index is 1.79. The summed E-state index contributed by atoms with van der Waals surface area (Å²) in [6, 6.07) is 13.0. The maximum Gasteiger partial charge on any atom is 0.261 e. The molecule has 27 heavy (non-hydrogen) atoms. The van der Waals surface area contributed by atoms with Crippen molar-refractivity contribution in [1.82, 2.24) is 0 Å². The second-order valence-electron chi connectivity index (χ2n) is 6.85. The Labute approximate surface area is 159 Å². The SMILES string of the molecule is CC(C)c1ccc(NS(=O)(=O)c2ccc(N3C(=O)CCCC3=O)cc2)cc1. The van der Waals surface area contributed by atoms with E-state index >= 15 is 0 Å². The van der Waals surface area contributed by atoms with E-state index in [1.165, 1.54) is 24.3 Å². The fourth-order valence-electron chi connectivity index (χ4n) is 2.97. The number of carbonyl (C=O) groups is 2. The Hall–Kier alpha value is -2.67. The van der Waals surface area contributed by atoms with Gasteiger partial charge in [-0.2, -0.15) is 0 Å². The standard InChI is InChI=1S/C20H22N2O4S/c1-14(2)15-6-8-16(9-7-15)21-27(25,26)18-12-10-17(11-13-18)22-19(23)4-3-5-20(22)24/h6-14,21H,3-5H2,1-2H3. The van der Waals surface area contributed by atoms with Crippen molar-refractivity contribution in [2.24, 2.45) is 0 Å². The largest absolute Gasteiger partial charge is 0.280 e. The summed E-state index contributed by atoms with van der Waals surface area (Å²) >= 11 is 0. The molecule has 1 heterocycles. The van der Waals surface area contributed by atoms with Crippen LogP contribution in [0.2, 0.25) is 0 Å². The number of hydrogen-bond donors (Lipinski definition) is 1. The molecular formula is C20H22N2O4S. The third-order valence-corrected chi connectivity index (χ3v) is 5.91. The van der Waals surface area contributed by atoms with Gasteiger partial charge in [-0.25, -0.2) is 8.42 Å². The van der Waals surface area contributed by atoms with Gasteiger partial charge >= 0.3 is 0 Å². The number of anilines is 2.